The lowest BCUT2D eigenvalue weighted by Gasteiger charge is -2.08. The van der Waals surface area contributed by atoms with Gasteiger partial charge in [0.05, 0.1) is 5.56 Å². The van der Waals surface area contributed by atoms with Crippen LogP contribution in [0.4, 0.5) is 0 Å². The lowest BCUT2D eigenvalue weighted by Crippen LogP contribution is -1.98. The molecule has 4 nitrogen and oxygen atoms in total. The molecule has 0 saturated heterocycles. The first-order valence-corrected chi connectivity index (χ1v) is 6.00. The SMILES string of the molecule is N#Cc1cc(COc2ccccc2C#CCO)ccn1. The zero-order valence-electron chi connectivity index (χ0n) is 10.7. The van der Waals surface area contributed by atoms with E-state index in [-0.39, 0.29) is 6.61 Å². The highest BCUT2D eigenvalue weighted by molar-refractivity contribution is 5.46. The second kappa shape index (κ2) is 6.94. The van der Waals surface area contributed by atoms with Gasteiger partial charge in [0.2, 0.25) is 0 Å². The zero-order valence-corrected chi connectivity index (χ0v) is 10.7. The van der Waals surface area contributed by atoms with Gasteiger partial charge >= 0.3 is 0 Å². The van der Waals surface area contributed by atoms with Crippen LogP contribution in [0.3, 0.4) is 0 Å². The summed E-state index contributed by atoms with van der Waals surface area (Å²) >= 11 is 0. The first-order chi connectivity index (χ1) is 9.83. The monoisotopic (exact) mass is 264 g/mol. The second-order valence-electron chi connectivity index (χ2n) is 3.91. The molecule has 0 aliphatic rings. The highest BCUT2D eigenvalue weighted by Crippen LogP contribution is 2.18. The van der Waals surface area contributed by atoms with Crippen LogP contribution >= 0.6 is 0 Å². The van der Waals surface area contributed by atoms with Gasteiger partial charge in [-0.2, -0.15) is 5.26 Å². The lowest BCUT2D eigenvalue weighted by atomic mass is 10.2. The molecule has 20 heavy (non-hydrogen) atoms. The smallest absolute Gasteiger partial charge is 0.140 e. The average Bonchev–Trinajstić information content (AvgIpc) is 2.52. The fourth-order valence-electron chi connectivity index (χ4n) is 1.62. The standard InChI is InChI=1S/C16H12N2O2/c17-11-15-10-13(7-8-18-15)12-20-16-6-2-1-4-14(16)5-3-9-19/h1-2,4,6-8,10,19H,9,12H2. The molecule has 0 spiro atoms. The molecule has 0 aliphatic carbocycles. The summed E-state index contributed by atoms with van der Waals surface area (Å²) in [6.45, 7) is 0.138. The number of nitrogens with zero attached hydrogens (tertiary/aromatic N) is 2. The third kappa shape index (κ3) is 3.58. The normalized spacial score (nSPS) is 9.20. The Labute approximate surface area is 117 Å². The molecule has 0 atom stereocenters. The van der Waals surface area contributed by atoms with E-state index in [1.165, 1.54) is 0 Å². The number of hydrogen-bond acceptors (Lipinski definition) is 4. The van der Waals surface area contributed by atoms with Gasteiger partial charge in [0, 0.05) is 6.20 Å². The number of para-hydroxylation sites is 1. The van der Waals surface area contributed by atoms with E-state index < -0.39 is 0 Å². The van der Waals surface area contributed by atoms with Crippen LogP contribution in [0.2, 0.25) is 0 Å². The van der Waals surface area contributed by atoms with E-state index in [1.54, 1.807) is 18.3 Å². The van der Waals surface area contributed by atoms with Crippen molar-refractivity contribution >= 4 is 0 Å². The summed E-state index contributed by atoms with van der Waals surface area (Å²) in [6, 6.07) is 12.8. The molecule has 0 bridgehead atoms. The molecular formula is C16H12N2O2. The summed E-state index contributed by atoms with van der Waals surface area (Å²) in [4.78, 5) is 3.90. The van der Waals surface area contributed by atoms with Crippen molar-refractivity contribution in [1.82, 2.24) is 4.98 Å². The fourth-order valence-corrected chi connectivity index (χ4v) is 1.62. The minimum atomic E-state index is -0.190. The molecule has 1 aromatic carbocycles. The van der Waals surface area contributed by atoms with Crippen LogP contribution in [0.15, 0.2) is 42.6 Å². The van der Waals surface area contributed by atoms with E-state index in [0.29, 0.717) is 18.1 Å². The van der Waals surface area contributed by atoms with E-state index in [9.17, 15) is 0 Å². The Morgan fingerprint density at radius 1 is 1.25 bits per heavy atom. The molecule has 0 radical (unpaired) electrons. The molecule has 2 rings (SSSR count). The molecule has 0 fully saturated rings. The van der Waals surface area contributed by atoms with Crippen molar-refractivity contribution in [2.45, 2.75) is 6.61 Å². The van der Waals surface area contributed by atoms with Crippen molar-refractivity contribution in [1.29, 1.82) is 5.26 Å². The molecule has 4 heteroatoms. The van der Waals surface area contributed by atoms with Crippen molar-refractivity contribution in [2.24, 2.45) is 0 Å². The predicted molar refractivity (Wildman–Crippen MR) is 73.7 cm³/mol. The Balaban J connectivity index is 2.13. The van der Waals surface area contributed by atoms with E-state index in [1.807, 2.05) is 30.3 Å². The largest absolute Gasteiger partial charge is 0.488 e. The van der Waals surface area contributed by atoms with Crippen LogP contribution in [0.25, 0.3) is 0 Å². The van der Waals surface area contributed by atoms with Crippen molar-refractivity contribution in [2.75, 3.05) is 6.61 Å². The van der Waals surface area contributed by atoms with Gasteiger partial charge in [-0.05, 0) is 29.8 Å². The maximum absolute atomic E-state index is 8.79. The molecule has 98 valence electrons. The van der Waals surface area contributed by atoms with Crippen LogP contribution < -0.4 is 4.74 Å². The maximum atomic E-state index is 8.79. The molecule has 1 heterocycles. The first-order valence-electron chi connectivity index (χ1n) is 6.00. The number of ether oxygens (including phenoxy) is 1. The molecule has 0 aliphatic heterocycles. The summed E-state index contributed by atoms with van der Waals surface area (Å²) in [6.07, 6.45) is 1.58. The predicted octanol–water partition coefficient (Wildman–Crippen LogP) is 1.88. The van der Waals surface area contributed by atoms with Gasteiger partial charge in [-0.1, -0.05) is 24.0 Å². The lowest BCUT2D eigenvalue weighted by molar-refractivity contribution is 0.305. The van der Waals surface area contributed by atoms with Crippen LogP contribution in [0.5, 0.6) is 5.75 Å². The molecule has 0 saturated carbocycles. The van der Waals surface area contributed by atoms with Crippen molar-refractivity contribution < 1.29 is 9.84 Å². The second-order valence-corrected chi connectivity index (χ2v) is 3.91. The summed E-state index contributed by atoms with van der Waals surface area (Å²) < 4.78 is 5.70. The third-order valence-electron chi connectivity index (χ3n) is 2.52. The maximum Gasteiger partial charge on any atom is 0.140 e. The Morgan fingerprint density at radius 2 is 2.10 bits per heavy atom. The quantitative estimate of drug-likeness (QED) is 0.859. The number of pyridine rings is 1. The van der Waals surface area contributed by atoms with Crippen molar-refractivity contribution in [3.63, 3.8) is 0 Å². The number of aliphatic hydroxyl groups is 1. The van der Waals surface area contributed by atoms with Gasteiger partial charge in [-0.25, -0.2) is 4.98 Å². The average molecular weight is 264 g/mol. The highest BCUT2D eigenvalue weighted by Gasteiger charge is 2.02. The number of rotatable bonds is 3. The number of aromatic nitrogens is 1. The minimum Gasteiger partial charge on any atom is -0.488 e. The van der Waals surface area contributed by atoms with Crippen LogP contribution in [-0.4, -0.2) is 16.7 Å². The van der Waals surface area contributed by atoms with Gasteiger partial charge < -0.3 is 9.84 Å². The number of benzene rings is 1. The van der Waals surface area contributed by atoms with Gasteiger partial charge in [-0.3, -0.25) is 0 Å². The third-order valence-corrected chi connectivity index (χ3v) is 2.52. The van der Waals surface area contributed by atoms with Crippen molar-refractivity contribution in [3.8, 4) is 23.7 Å². The molecule has 0 unspecified atom stereocenters. The van der Waals surface area contributed by atoms with Crippen LogP contribution in [-0.2, 0) is 6.61 Å². The molecule has 1 aromatic heterocycles. The summed E-state index contributed by atoms with van der Waals surface area (Å²) in [5.74, 6) is 6.07. The van der Waals surface area contributed by atoms with Gasteiger partial charge in [0.15, 0.2) is 0 Å². The molecule has 1 N–H and O–H groups in total. The number of hydrogen-bond donors (Lipinski definition) is 1. The Hall–Kier alpha value is -2.82. The van der Waals surface area contributed by atoms with E-state index in [4.69, 9.17) is 15.1 Å². The summed E-state index contributed by atoms with van der Waals surface area (Å²) in [7, 11) is 0. The van der Waals surface area contributed by atoms with E-state index >= 15 is 0 Å². The Bertz CT molecular complexity index is 693. The first kappa shape index (κ1) is 13.6. The molecule has 2 aromatic rings. The zero-order chi connectivity index (χ0) is 14.2. The minimum absolute atomic E-state index is 0.190. The van der Waals surface area contributed by atoms with Crippen LogP contribution in [0.1, 0.15) is 16.8 Å². The highest BCUT2D eigenvalue weighted by atomic mass is 16.5. The topological polar surface area (TPSA) is 66.1 Å². The number of nitriles is 1. The molecular weight excluding hydrogens is 252 g/mol. The Kier molecular flexibility index (Phi) is 4.72. The van der Waals surface area contributed by atoms with Gasteiger partial charge in [0.25, 0.3) is 0 Å². The number of aliphatic hydroxyl groups excluding tert-OH is 1. The van der Waals surface area contributed by atoms with E-state index in [2.05, 4.69) is 16.8 Å². The Morgan fingerprint density at radius 3 is 2.90 bits per heavy atom. The molecule has 0 amide bonds. The fraction of sp³-hybridized carbons (Fsp3) is 0.125. The van der Waals surface area contributed by atoms with Gasteiger partial charge in [0.1, 0.15) is 30.7 Å². The van der Waals surface area contributed by atoms with Crippen LogP contribution in [0, 0.1) is 23.2 Å². The summed E-state index contributed by atoms with van der Waals surface area (Å²) in [5.41, 5.74) is 1.94. The van der Waals surface area contributed by atoms with Gasteiger partial charge in [-0.15, -0.1) is 0 Å². The van der Waals surface area contributed by atoms with E-state index in [0.717, 1.165) is 11.1 Å². The van der Waals surface area contributed by atoms with Crippen molar-refractivity contribution in [3.05, 3.63) is 59.4 Å². The summed E-state index contributed by atoms with van der Waals surface area (Å²) in [5, 5.41) is 17.5.